The summed E-state index contributed by atoms with van der Waals surface area (Å²) in [4.78, 5) is 25.8. The van der Waals surface area contributed by atoms with Crippen LogP contribution in [-0.4, -0.2) is 42.0 Å². The lowest BCUT2D eigenvalue weighted by Crippen LogP contribution is -2.51. The van der Waals surface area contributed by atoms with Gasteiger partial charge >= 0.3 is 5.97 Å². The second kappa shape index (κ2) is 5.31. The Bertz CT molecular complexity index is 476. The molecule has 2 aliphatic rings. The third-order valence-electron chi connectivity index (χ3n) is 3.27. The highest BCUT2D eigenvalue weighted by molar-refractivity contribution is 6.05. The van der Waals surface area contributed by atoms with Crippen molar-refractivity contribution in [3.63, 3.8) is 0 Å². The maximum atomic E-state index is 12.2. The second-order valence-electron chi connectivity index (χ2n) is 4.99. The fourth-order valence-corrected chi connectivity index (χ4v) is 2.43. The first-order valence-corrected chi connectivity index (χ1v) is 6.44. The molecule has 19 heavy (non-hydrogen) atoms. The minimum absolute atomic E-state index is 0.0753. The number of piperazine rings is 1. The van der Waals surface area contributed by atoms with Crippen molar-refractivity contribution in [1.29, 1.82) is 5.26 Å². The molecule has 2 rings (SSSR count). The van der Waals surface area contributed by atoms with E-state index < -0.39 is 5.97 Å². The summed E-state index contributed by atoms with van der Waals surface area (Å²) < 4.78 is 4.99. The summed E-state index contributed by atoms with van der Waals surface area (Å²) in [6, 6.07) is 1.96. The van der Waals surface area contributed by atoms with Gasteiger partial charge in [-0.05, 0) is 26.7 Å². The van der Waals surface area contributed by atoms with Gasteiger partial charge in [-0.15, -0.1) is 0 Å². The number of ether oxygens (including phenoxy) is 1. The first kappa shape index (κ1) is 13.4. The molecule has 0 saturated carbocycles. The van der Waals surface area contributed by atoms with Gasteiger partial charge in [0.05, 0.1) is 6.10 Å². The van der Waals surface area contributed by atoms with E-state index in [-0.39, 0.29) is 29.3 Å². The Morgan fingerprint density at radius 3 is 2.95 bits per heavy atom. The lowest BCUT2D eigenvalue weighted by molar-refractivity contribution is -0.143. The molecule has 2 fully saturated rings. The van der Waals surface area contributed by atoms with Gasteiger partial charge in [0.25, 0.3) is 5.91 Å². The van der Waals surface area contributed by atoms with Crippen LogP contribution in [-0.2, 0) is 14.3 Å². The molecule has 0 bridgehead atoms. The van der Waals surface area contributed by atoms with Crippen molar-refractivity contribution in [3.8, 4) is 6.07 Å². The molecule has 6 heteroatoms. The second-order valence-corrected chi connectivity index (χ2v) is 4.99. The molecular formula is C13H17N3O3. The van der Waals surface area contributed by atoms with Gasteiger partial charge < -0.3 is 15.0 Å². The van der Waals surface area contributed by atoms with Crippen molar-refractivity contribution in [2.45, 2.75) is 38.8 Å². The lowest BCUT2D eigenvalue weighted by atomic mass is 10.1. The highest BCUT2D eigenvalue weighted by Crippen LogP contribution is 2.23. The molecule has 1 amide bonds. The Morgan fingerprint density at radius 2 is 2.32 bits per heavy atom. The molecule has 0 spiro atoms. The Kier molecular flexibility index (Phi) is 3.74. The minimum Gasteiger partial charge on any atom is -0.459 e. The number of nitriles is 1. The predicted octanol–water partition coefficient (Wildman–Crippen LogP) is 0.310. The number of fused-ring (bicyclic) bond motifs is 1. The van der Waals surface area contributed by atoms with Crippen LogP contribution in [0.2, 0.25) is 0 Å². The summed E-state index contributed by atoms with van der Waals surface area (Å²) in [5, 5.41) is 12.0. The molecule has 0 radical (unpaired) electrons. The van der Waals surface area contributed by atoms with Crippen LogP contribution in [0.3, 0.4) is 0 Å². The zero-order chi connectivity index (χ0) is 14.0. The molecule has 0 aromatic rings. The molecule has 0 aromatic heterocycles. The molecule has 1 N–H and O–H groups in total. The Balaban J connectivity index is 2.26. The van der Waals surface area contributed by atoms with Crippen LogP contribution in [0.5, 0.6) is 0 Å². The summed E-state index contributed by atoms with van der Waals surface area (Å²) in [7, 11) is 0. The number of nitrogens with one attached hydrogen (secondary N) is 1. The van der Waals surface area contributed by atoms with Gasteiger partial charge in [0, 0.05) is 19.1 Å². The van der Waals surface area contributed by atoms with Crippen molar-refractivity contribution >= 4 is 11.9 Å². The van der Waals surface area contributed by atoms with Crippen molar-refractivity contribution in [2.75, 3.05) is 13.1 Å². The topological polar surface area (TPSA) is 82.4 Å². The fourth-order valence-electron chi connectivity index (χ4n) is 2.43. The Labute approximate surface area is 112 Å². The van der Waals surface area contributed by atoms with E-state index in [0.29, 0.717) is 13.1 Å². The van der Waals surface area contributed by atoms with Crippen molar-refractivity contribution in [1.82, 2.24) is 10.2 Å². The molecule has 6 nitrogen and oxygen atoms in total. The minimum atomic E-state index is -0.744. The first-order valence-electron chi connectivity index (χ1n) is 6.44. The summed E-state index contributed by atoms with van der Waals surface area (Å²) in [5.74, 6) is -1.02. The van der Waals surface area contributed by atoms with E-state index >= 15 is 0 Å². The van der Waals surface area contributed by atoms with Crippen LogP contribution in [0.1, 0.15) is 26.7 Å². The van der Waals surface area contributed by atoms with Crippen LogP contribution >= 0.6 is 0 Å². The summed E-state index contributed by atoms with van der Waals surface area (Å²) >= 11 is 0. The third-order valence-corrected chi connectivity index (χ3v) is 3.27. The van der Waals surface area contributed by atoms with Crippen LogP contribution in [0.15, 0.2) is 11.3 Å². The average Bonchev–Trinajstić information content (AvgIpc) is 2.81. The molecule has 2 aliphatic heterocycles. The molecular weight excluding hydrogens is 246 g/mol. The molecule has 2 heterocycles. The zero-order valence-electron chi connectivity index (χ0n) is 11.1. The van der Waals surface area contributed by atoms with E-state index in [9.17, 15) is 9.59 Å². The number of carbonyl (C=O) groups excluding carboxylic acids is 2. The van der Waals surface area contributed by atoms with E-state index in [2.05, 4.69) is 5.32 Å². The smallest absolute Gasteiger partial charge is 0.351 e. The number of hydrogen-bond acceptors (Lipinski definition) is 5. The van der Waals surface area contributed by atoms with Gasteiger partial charge in [0.15, 0.2) is 5.57 Å². The van der Waals surface area contributed by atoms with Gasteiger partial charge in [-0.25, -0.2) is 4.79 Å². The molecule has 2 saturated heterocycles. The highest BCUT2D eigenvalue weighted by atomic mass is 16.5. The largest absolute Gasteiger partial charge is 0.459 e. The van der Waals surface area contributed by atoms with Gasteiger partial charge in [-0.3, -0.25) is 4.79 Å². The number of amides is 1. The molecule has 0 aromatic carbocycles. The summed E-state index contributed by atoms with van der Waals surface area (Å²) in [5.41, 5.74) is -0.157. The van der Waals surface area contributed by atoms with Gasteiger partial charge in [0.1, 0.15) is 11.8 Å². The van der Waals surface area contributed by atoms with Crippen LogP contribution < -0.4 is 5.32 Å². The van der Waals surface area contributed by atoms with Crippen molar-refractivity contribution < 1.29 is 14.3 Å². The quantitative estimate of drug-likeness (QED) is 0.440. The zero-order valence-corrected chi connectivity index (χ0v) is 11.1. The number of nitrogens with zero attached hydrogens (tertiary/aromatic N) is 2. The van der Waals surface area contributed by atoms with Crippen molar-refractivity contribution in [2.24, 2.45) is 0 Å². The molecule has 0 unspecified atom stereocenters. The molecule has 1 atom stereocenters. The van der Waals surface area contributed by atoms with Gasteiger partial charge in [0.2, 0.25) is 0 Å². The fraction of sp³-hybridized carbons (Fsp3) is 0.615. The van der Waals surface area contributed by atoms with Crippen LogP contribution in [0.4, 0.5) is 0 Å². The maximum Gasteiger partial charge on any atom is 0.351 e. The summed E-state index contributed by atoms with van der Waals surface area (Å²) in [6.07, 6.45) is 1.60. The highest BCUT2D eigenvalue weighted by Gasteiger charge is 2.37. The van der Waals surface area contributed by atoms with Gasteiger partial charge in [-0.1, -0.05) is 0 Å². The predicted molar refractivity (Wildman–Crippen MR) is 66.6 cm³/mol. The van der Waals surface area contributed by atoms with E-state index in [1.807, 2.05) is 0 Å². The van der Waals surface area contributed by atoms with Crippen LogP contribution in [0, 0.1) is 11.3 Å². The average molecular weight is 263 g/mol. The normalized spacial score (nSPS) is 24.6. The monoisotopic (exact) mass is 263 g/mol. The third kappa shape index (κ3) is 2.55. The first-order chi connectivity index (χ1) is 9.04. The Hall–Kier alpha value is -2.03. The molecule has 102 valence electrons. The lowest BCUT2D eigenvalue weighted by Gasteiger charge is -2.32. The van der Waals surface area contributed by atoms with E-state index in [4.69, 9.17) is 10.00 Å². The number of rotatable bonds is 2. The van der Waals surface area contributed by atoms with Gasteiger partial charge in [-0.2, -0.15) is 5.26 Å². The SMILES string of the molecule is CC(C)OC(=O)/C(C#N)=C1/NC[C@@H]2CCCN2C1=O. The standard InChI is InChI=1S/C13H17N3O3/c1-8(2)19-13(18)10(6-14)11-12(17)16-5-3-4-9(16)7-15-11/h8-9,15H,3-5,7H2,1-2H3/b11-10+/t9-/m0/s1. The van der Waals surface area contributed by atoms with E-state index in [1.165, 1.54) is 0 Å². The molecule has 0 aliphatic carbocycles. The number of esters is 1. The summed E-state index contributed by atoms with van der Waals surface area (Å²) in [6.45, 7) is 4.67. The van der Waals surface area contributed by atoms with Crippen LogP contribution in [0.25, 0.3) is 0 Å². The van der Waals surface area contributed by atoms with Crippen molar-refractivity contribution in [3.05, 3.63) is 11.3 Å². The number of carbonyl (C=O) groups is 2. The van der Waals surface area contributed by atoms with E-state index in [1.54, 1.807) is 24.8 Å². The maximum absolute atomic E-state index is 12.2. The van der Waals surface area contributed by atoms with E-state index in [0.717, 1.165) is 12.8 Å². The number of hydrogen-bond donors (Lipinski definition) is 1. The Morgan fingerprint density at radius 1 is 1.58 bits per heavy atom.